The van der Waals surface area contributed by atoms with Gasteiger partial charge in [0, 0.05) is 46.1 Å². The van der Waals surface area contributed by atoms with E-state index < -0.39 is 6.17 Å². The maximum atomic E-state index is 12.6. The molecule has 2 aliphatic heterocycles. The van der Waals surface area contributed by atoms with Crippen LogP contribution in [0, 0.1) is 0 Å². The number of carbonyl (C=O) groups excluding carboxylic acids is 3. The topological polar surface area (TPSA) is 73.0 Å². The van der Waals surface area contributed by atoms with Crippen LogP contribution in [0.5, 0.6) is 0 Å². The molecule has 2 saturated heterocycles. The van der Waals surface area contributed by atoms with Crippen LogP contribution in [0.4, 0.5) is 9.18 Å². The highest BCUT2D eigenvalue weighted by atomic mass is 19.1. The number of rotatable bonds is 3. The molecule has 0 aromatic heterocycles. The van der Waals surface area contributed by atoms with Crippen LogP contribution >= 0.6 is 0 Å². The van der Waals surface area contributed by atoms with Crippen LogP contribution in [-0.4, -0.2) is 84.5 Å². The molecule has 0 atom stereocenters. The fourth-order valence-corrected chi connectivity index (χ4v) is 2.41. The lowest BCUT2D eigenvalue weighted by Gasteiger charge is -2.35. The van der Waals surface area contributed by atoms with Crippen LogP contribution in [-0.2, 0) is 9.59 Å². The molecule has 0 aliphatic carbocycles. The van der Waals surface area contributed by atoms with Crippen molar-refractivity contribution in [3.05, 3.63) is 0 Å². The van der Waals surface area contributed by atoms with Crippen molar-refractivity contribution in [3.63, 3.8) is 0 Å². The van der Waals surface area contributed by atoms with Crippen LogP contribution in [0.2, 0.25) is 0 Å². The Morgan fingerprint density at radius 1 is 1.05 bits per heavy atom. The van der Waals surface area contributed by atoms with E-state index in [1.54, 1.807) is 9.80 Å². The van der Waals surface area contributed by atoms with Crippen molar-refractivity contribution >= 4 is 17.8 Å². The Kier molecular flexibility index (Phi) is 4.98. The predicted molar refractivity (Wildman–Crippen MR) is 73.3 cm³/mol. The molecule has 2 aliphatic rings. The van der Waals surface area contributed by atoms with Gasteiger partial charge in [-0.05, 0) is 0 Å². The zero-order valence-corrected chi connectivity index (χ0v) is 12.2. The van der Waals surface area contributed by atoms with E-state index in [4.69, 9.17) is 0 Å². The van der Waals surface area contributed by atoms with E-state index in [1.165, 1.54) is 11.8 Å². The first-order valence-corrected chi connectivity index (χ1v) is 7.17. The highest BCUT2D eigenvalue weighted by molar-refractivity contribution is 5.79. The van der Waals surface area contributed by atoms with Crippen molar-refractivity contribution in [2.45, 2.75) is 19.5 Å². The second kappa shape index (κ2) is 6.73. The van der Waals surface area contributed by atoms with Crippen molar-refractivity contribution < 1.29 is 18.8 Å². The minimum atomic E-state index is -0.921. The van der Waals surface area contributed by atoms with E-state index in [0.717, 1.165) is 0 Å². The van der Waals surface area contributed by atoms with Crippen LogP contribution < -0.4 is 5.32 Å². The van der Waals surface area contributed by atoms with Gasteiger partial charge in [0.1, 0.15) is 6.17 Å². The number of alkyl halides is 1. The fourth-order valence-electron chi connectivity index (χ4n) is 2.41. The van der Waals surface area contributed by atoms with E-state index in [-0.39, 0.29) is 43.9 Å². The monoisotopic (exact) mass is 300 g/mol. The number of piperazine rings is 1. The number of amides is 4. The maximum Gasteiger partial charge on any atom is 0.317 e. The minimum Gasteiger partial charge on any atom is -0.339 e. The van der Waals surface area contributed by atoms with Gasteiger partial charge in [-0.25, -0.2) is 9.18 Å². The molecule has 2 heterocycles. The van der Waals surface area contributed by atoms with Gasteiger partial charge in [-0.1, -0.05) is 0 Å². The Labute approximate surface area is 123 Å². The third-order valence-corrected chi connectivity index (χ3v) is 3.82. The Bertz CT molecular complexity index is 418. The number of hydrogen-bond acceptors (Lipinski definition) is 3. The molecule has 0 aromatic carbocycles. The zero-order valence-electron chi connectivity index (χ0n) is 12.2. The molecule has 0 saturated carbocycles. The lowest BCUT2D eigenvalue weighted by atomic mass is 10.2. The van der Waals surface area contributed by atoms with Gasteiger partial charge in [-0.15, -0.1) is 0 Å². The highest BCUT2D eigenvalue weighted by Gasteiger charge is 2.30. The van der Waals surface area contributed by atoms with E-state index in [1.807, 2.05) is 0 Å². The second-order valence-corrected chi connectivity index (χ2v) is 5.37. The lowest BCUT2D eigenvalue weighted by Crippen LogP contribution is -2.55. The number of nitrogens with zero attached hydrogens (tertiary/aromatic N) is 3. The summed E-state index contributed by atoms with van der Waals surface area (Å²) in [5.74, 6) is -0.0134. The summed E-state index contributed by atoms with van der Waals surface area (Å²) >= 11 is 0. The summed E-state index contributed by atoms with van der Waals surface area (Å²) in [5, 5.41) is 2.61. The van der Waals surface area contributed by atoms with Crippen molar-refractivity contribution in [1.82, 2.24) is 20.0 Å². The summed E-state index contributed by atoms with van der Waals surface area (Å²) in [4.78, 5) is 39.5. The number of urea groups is 1. The molecule has 1 N–H and O–H groups in total. The van der Waals surface area contributed by atoms with Crippen LogP contribution in [0.15, 0.2) is 0 Å². The van der Waals surface area contributed by atoms with Gasteiger partial charge in [0.25, 0.3) is 0 Å². The molecular weight excluding hydrogens is 279 g/mol. The molecule has 2 fully saturated rings. The molecule has 0 bridgehead atoms. The van der Waals surface area contributed by atoms with Gasteiger partial charge >= 0.3 is 6.03 Å². The molecule has 7 nitrogen and oxygen atoms in total. The van der Waals surface area contributed by atoms with Gasteiger partial charge in [-0.2, -0.15) is 0 Å². The Balaban J connectivity index is 1.62. The van der Waals surface area contributed by atoms with Gasteiger partial charge in [-0.3, -0.25) is 9.59 Å². The predicted octanol–water partition coefficient (Wildman–Crippen LogP) is -0.569. The minimum absolute atomic E-state index is 0.0232. The van der Waals surface area contributed by atoms with Gasteiger partial charge in [0.15, 0.2) is 0 Å². The zero-order chi connectivity index (χ0) is 15.4. The van der Waals surface area contributed by atoms with E-state index in [2.05, 4.69) is 5.32 Å². The summed E-state index contributed by atoms with van der Waals surface area (Å²) in [5.41, 5.74) is 0. The number of likely N-dealkylation sites (tertiary alicyclic amines) is 1. The number of hydrogen-bond donors (Lipinski definition) is 1. The third-order valence-electron chi connectivity index (χ3n) is 3.82. The average molecular weight is 300 g/mol. The molecule has 118 valence electrons. The second-order valence-electron chi connectivity index (χ2n) is 5.37. The summed E-state index contributed by atoms with van der Waals surface area (Å²) in [7, 11) is 0. The SMILES string of the molecule is CC(=O)N1CCN(C(=O)CCNC(=O)N2CC(F)C2)CC1. The molecule has 0 spiro atoms. The smallest absolute Gasteiger partial charge is 0.317 e. The fraction of sp³-hybridized carbons (Fsp3) is 0.769. The van der Waals surface area contributed by atoms with E-state index >= 15 is 0 Å². The van der Waals surface area contributed by atoms with E-state index in [0.29, 0.717) is 26.2 Å². The Morgan fingerprint density at radius 3 is 2.14 bits per heavy atom. The molecule has 4 amide bonds. The van der Waals surface area contributed by atoms with Crippen LogP contribution in [0.3, 0.4) is 0 Å². The summed E-state index contributed by atoms with van der Waals surface area (Å²) in [6.45, 7) is 4.20. The molecular formula is C13H21FN4O3. The average Bonchev–Trinajstić information content (AvgIpc) is 2.43. The highest BCUT2D eigenvalue weighted by Crippen LogP contribution is 2.10. The maximum absolute atomic E-state index is 12.6. The number of nitrogens with one attached hydrogen (secondary N) is 1. The largest absolute Gasteiger partial charge is 0.339 e. The first-order valence-electron chi connectivity index (χ1n) is 7.17. The first kappa shape index (κ1) is 15.5. The van der Waals surface area contributed by atoms with Crippen molar-refractivity contribution in [2.75, 3.05) is 45.8 Å². The van der Waals surface area contributed by atoms with Crippen LogP contribution in [0.1, 0.15) is 13.3 Å². The molecule has 0 unspecified atom stereocenters. The standard InChI is InChI=1S/C13H21FN4O3/c1-10(19)16-4-6-17(7-5-16)12(20)2-3-15-13(21)18-8-11(14)9-18/h11H,2-9H2,1H3,(H,15,21). The van der Waals surface area contributed by atoms with Crippen LogP contribution in [0.25, 0.3) is 0 Å². The molecule has 0 radical (unpaired) electrons. The third kappa shape index (κ3) is 4.05. The Morgan fingerprint density at radius 2 is 1.62 bits per heavy atom. The van der Waals surface area contributed by atoms with Crippen molar-refractivity contribution in [1.29, 1.82) is 0 Å². The lowest BCUT2D eigenvalue weighted by molar-refractivity contribution is -0.138. The Hall–Kier alpha value is -1.86. The molecule has 8 heteroatoms. The summed E-state index contributed by atoms with van der Waals surface area (Å²) in [6.07, 6.45) is -0.700. The van der Waals surface area contributed by atoms with Gasteiger partial charge in [0.05, 0.1) is 13.1 Å². The molecule has 0 aromatic rings. The first-order chi connectivity index (χ1) is 9.97. The summed E-state index contributed by atoms with van der Waals surface area (Å²) in [6, 6.07) is -0.321. The van der Waals surface area contributed by atoms with E-state index in [9.17, 15) is 18.8 Å². The van der Waals surface area contributed by atoms with Gasteiger partial charge < -0.3 is 20.0 Å². The van der Waals surface area contributed by atoms with Crippen molar-refractivity contribution in [3.8, 4) is 0 Å². The molecule has 21 heavy (non-hydrogen) atoms. The van der Waals surface area contributed by atoms with Gasteiger partial charge in [0.2, 0.25) is 11.8 Å². The number of carbonyl (C=O) groups is 3. The van der Waals surface area contributed by atoms with Crippen molar-refractivity contribution in [2.24, 2.45) is 0 Å². The number of halogens is 1. The quantitative estimate of drug-likeness (QED) is 0.759. The molecule has 2 rings (SSSR count). The normalized spacial score (nSPS) is 19.2. The summed E-state index contributed by atoms with van der Waals surface area (Å²) < 4.78 is 12.6.